The molecule has 0 spiro atoms. The number of methoxy groups -OCH3 is 1. The van der Waals surface area contributed by atoms with Crippen molar-refractivity contribution in [3.8, 4) is 5.75 Å². The van der Waals surface area contributed by atoms with Crippen molar-refractivity contribution >= 4 is 5.69 Å². The minimum absolute atomic E-state index is 0.136. The molecule has 0 saturated heterocycles. The van der Waals surface area contributed by atoms with Crippen molar-refractivity contribution in [2.75, 3.05) is 19.0 Å². The van der Waals surface area contributed by atoms with Crippen LogP contribution in [-0.4, -0.2) is 13.7 Å². The standard InChI is InChI=1S/C15H17FN2O/c1-19-12-8-6-11(7-9-12)15(10-17)18-14-5-3-2-4-13(14)16/h2-9,15,18H,10,17H2,1H3. The van der Waals surface area contributed by atoms with Crippen molar-refractivity contribution in [1.29, 1.82) is 0 Å². The van der Waals surface area contributed by atoms with Crippen LogP contribution in [0.4, 0.5) is 10.1 Å². The van der Waals surface area contributed by atoms with E-state index in [1.165, 1.54) is 6.07 Å². The Kier molecular flexibility index (Phi) is 4.36. The Balaban J connectivity index is 2.17. The van der Waals surface area contributed by atoms with Crippen LogP contribution < -0.4 is 15.8 Å². The summed E-state index contributed by atoms with van der Waals surface area (Å²) in [6.45, 7) is 0.376. The van der Waals surface area contributed by atoms with Crippen molar-refractivity contribution in [2.24, 2.45) is 5.73 Å². The highest BCUT2D eigenvalue weighted by Gasteiger charge is 2.11. The lowest BCUT2D eigenvalue weighted by Gasteiger charge is -2.19. The molecule has 0 aromatic heterocycles. The van der Waals surface area contributed by atoms with E-state index in [1.807, 2.05) is 24.3 Å². The second kappa shape index (κ2) is 6.20. The first-order valence-electron chi connectivity index (χ1n) is 6.09. The van der Waals surface area contributed by atoms with Gasteiger partial charge < -0.3 is 15.8 Å². The highest BCUT2D eigenvalue weighted by Crippen LogP contribution is 2.22. The fourth-order valence-electron chi connectivity index (χ4n) is 1.88. The maximum Gasteiger partial charge on any atom is 0.146 e. The zero-order chi connectivity index (χ0) is 13.7. The Labute approximate surface area is 112 Å². The molecule has 1 atom stereocenters. The molecule has 0 aliphatic carbocycles. The third kappa shape index (κ3) is 3.23. The Bertz CT molecular complexity index is 528. The number of nitrogens with two attached hydrogens (primary N) is 1. The van der Waals surface area contributed by atoms with Crippen molar-refractivity contribution < 1.29 is 9.13 Å². The van der Waals surface area contributed by atoms with Gasteiger partial charge in [-0.25, -0.2) is 4.39 Å². The minimum atomic E-state index is -0.283. The van der Waals surface area contributed by atoms with Crippen LogP contribution in [0.5, 0.6) is 5.75 Å². The van der Waals surface area contributed by atoms with Crippen LogP contribution in [0, 0.1) is 5.82 Å². The molecule has 0 amide bonds. The summed E-state index contributed by atoms with van der Waals surface area (Å²) in [6.07, 6.45) is 0. The summed E-state index contributed by atoms with van der Waals surface area (Å²) < 4.78 is 18.7. The van der Waals surface area contributed by atoms with E-state index in [0.29, 0.717) is 12.2 Å². The van der Waals surface area contributed by atoms with Gasteiger partial charge in [-0.05, 0) is 29.8 Å². The van der Waals surface area contributed by atoms with E-state index in [4.69, 9.17) is 10.5 Å². The predicted octanol–water partition coefficient (Wildman–Crippen LogP) is 2.95. The quantitative estimate of drug-likeness (QED) is 0.869. The fourth-order valence-corrected chi connectivity index (χ4v) is 1.88. The number of benzene rings is 2. The first-order valence-corrected chi connectivity index (χ1v) is 6.09. The summed E-state index contributed by atoms with van der Waals surface area (Å²) in [5.41, 5.74) is 7.20. The van der Waals surface area contributed by atoms with Gasteiger partial charge in [0.2, 0.25) is 0 Å². The van der Waals surface area contributed by atoms with Crippen LogP contribution >= 0.6 is 0 Å². The summed E-state index contributed by atoms with van der Waals surface area (Å²) in [4.78, 5) is 0. The van der Waals surface area contributed by atoms with E-state index in [0.717, 1.165) is 11.3 Å². The molecule has 4 heteroatoms. The Morgan fingerprint density at radius 3 is 2.42 bits per heavy atom. The summed E-state index contributed by atoms with van der Waals surface area (Å²) in [5.74, 6) is 0.500. The fraction of sp³-hybridized carbons (Fsp3) is 0.200. The molecule has 0 heterocycles. The third-order valence-electron chi connectivity index (χ3n) is 2.96. The van der Waals surface area contributed by atoms with Crippen LogP contribution in [0.2, 0.25) is 0 Å². The molecule has 2 aromatic rings. The van der Waals surface area contributed by atoms with Crippen LogP contribution in [-0.2, 0) is 0 Å². The van der Waals surface area contributed by atoms with Gasteiger partial charge in [0.25, 0.3) is 0 Å². The van der Waals surface area contributed by atoms with Gasteiger partial charge in [-0.15, -0.1) is 0 Å². The largest absolute Gasteiger partial charge is 0.497 e. The molecule has 0 aliphatic rings. The number of hydrogen-bond acceptors (Lipinski definition) is 3. The number of rotatable bonds is 5. The van der Waals surface area contributed by atoms with Crippen LogP contribution in [0.25, 0.3) is 0 Å². The number of hydrogen-bond donors (Lipinski definition) is 2. The Morgan fingerprint density at radius 1 is 1.16 bits per heavy atom. The van der Waals surface area contributed by atoms with E-state index in [9.17, 15) is 4.39 Å². The molecule has 19 heavy (non-hydrogen) atoms. The molecule has 1 unspecified atom stereocenters. The summed E-state index contributed by atoms with van der Waals surface area (Å²) >= 11 is 0. The second-order valence-electron chi connectivity index (χ2n) is 4.19. The van der Waals surface area contributed by atoms with Crippen molar-refractivity contribution in [3.05, 3.63) is 59.9 Å². The van der Waals surface area contributed by atoms with Crippen molar-refractivity contribution in [3.63, 3.8) is 0 Å². The van der Waals surface area contributed by atoms with E-state index < -0.39 is 0 Å². The maximum atomic E-state index is 13.6. The van der Waals surface area contributed by atoms with Gasteiger partial charge in [-0.3, -0.25) is 0 Å². The molecule has 2 aromatic carbocycles. The number of ether oxygens (including phenoxy) is 1. The molecule has 0 radical (unpaired) electrons. The van der Waals surface area contributed by atoms with E-state index >= 15 is 0 Å². The van der Waals surface area contributed by atoms with Gasteiger partial charge in [0.1, 0.15) is 11.6 Å². The smallest absolute Gasteiger partial charge is 0.146 e. The van der Waals surface area contributed by atoms with Gasteiger partial charge in [-0.1, -0.05) is 24.3 Å². The number of para-hydroxylation sites is 1. The van der Waals surface area contributed by atoms with Crippen LogP contribution in [0.15, 0.2) is 48.5 Å². The molecular formula is C15H17FN2O. The lowest BCUT2D eigenvalue weighted by atomic mass is 10.1. The first kappa shape index (κ1) is 13.4. The zero-order valence-electron chi connectivity index (χ0n) is 10.8. The molecule has 0 bridgehead atoms. The molecule has 0 fully saturated rings. The highest BCUT2D eigenvalue weighted by atomic mass is 19.1. The van der Waals surface area contributed by atoms with Crippen LogP contribution in [0.1, 0.15) is 11.6 Å². The van der Waals surface area contributed by atoms with Gasteiger partial charge in [0, 0.05) is 6.54 Å². The van der Waals surface area contributed by atoms with Gasteiger partial charge in [-0.2, -0.15) is 0 Å². The predicted molar refractivity (Wildman–Crippen MR) is 74.8 cm³/mol. The van der Waals surface area contributed by atoms with E-state index in [2.05, 4.69) is 5.32 Å². The van der Waals surface area contributed by atoms with Gasteiger partial charge in [0.15, 0.2) is 0 Å². The van der Waals surface area contributed by atoms with Gasteiger partial charge >= 0.3 is 0 Å². The second-order valence-corrected chi connectivity index (χ2v) is 4.19. The normalized spacial score (nSPS) is 11.9. The van der Waals surface area contributed by atoms with Crippen molar-refractivity contribution in [2.45, 2.75) is 6.04 Å². The molecule has 3 nitrogen and oxygen atoms in total. The molecular weight excluding hydrogens is 243 g/mol. The molecule has 100 valence electrons. The lowest BCUT2D eigenvalue weighted by Crippen LogP contribution is -2.21. The number of anilines is 1. The maximum absolute atomic E-state index is 13.6. The highest BCUT2D eigenvalue weighted by molar-refractivity contribution is 5.47. The SMILES string of the molecule is COc1ccc(C(CN)Nc2ccccc2F)cc1. The summed E-state index contributed by atoms with van der Waals surface area (Å²) in [5, 5.41) is 3.11. The monoisotopic (exact) mass is 260 g/mol. The molecule has 2 rings (SSSR count). The zero-order valence-corrected chi connectivity index (χ0v) is 10.8. The topological polar surface area (TPSA) is 47.3 Å². The molecule has 0 saturated carbocycles. The average Bonchev–Trinajstić information content (AvgIpc) is 2.47. The lowest BCUT2D eigenvalue weighted by molar-refractivity contribution is 0.414. The summed E-state index contributed by atoms with van der Waals surface area (Å²) in [6, 6.07) is 14.0. The van der Waals surface area contributed by atoms with Gasteiger partial charge in [0.05, 0.1) is 18.8 Å². The average molecular weight is 260 g/mol. The van der Waals surface area contributed by atoms with Crippen LogP contribution in [0.3, 0.4) is 0 Å². The Hall–Kier alpha value is -2.07. The van der Waals surface area contributed by atoms with E-state index in [1.54, 1.807) is 25.3 Å². The summed E-state index contributed by atoms with van der Waals surface area (Å²) in [7, 11) is 1.62. The van der Waals surface area contributed by atoms with E-state index in [-0.39, 0.29) is 11.9 Å². The Morgan fingerprint density at radius 2 is 1.84 bits per heavy atom. The molecule has 3 N–H and O–H groups in total. The first-order chi connectivity index (χ1) is 9.24. The number of nitrogens with one attached hydrogen (secondary N) is 1. The third-order valence-corrected chi connectivity index (χ3v) is 2.96. The minimum Gasteiger partial charge on any atom is -0.497 e. The number of halogens is 1. The molecule has 0 aliphatic heterocycles. The van der Waals surface area contributed by atoms with Crippen molar-refractivity contribution in [1.82, 2.24) is 0 Å².